The molecule has 1 saturated heterocycles. The van der Waals surface area contributed by atoms with Gasteiger partial charge in [-0.05, 0) is 24.5 Å². The lowest BCUT2D eigenvalue weighted by Gasteiger charge is -2.34. The van der Waals surface area contributed by atoms with Crippen LogP contribution in [0.5, 0.6) is 0 Å². The second kappa shape index (κ2) is 5.36. The van der Waals surface area contributed by atoms with Gasteiger partial charge in [0.2, 0.25) is 5.91 Å². The maximum Gasteiger partial charge on any atom is 0.221 e. The fourth-order valence-corrected chi connectivity index (χ4v) is 3.47. The zero-order valence-electron chi connectivity index (χ0n) is 12.6. The van der Waals surface area contributed by atoms with E-state index in [4.69, 9.17) is 0 Å². The van der Waals surface area contributed by atoms with E-state index >= 15 is 0 Å². The summed E-state index contributed by atoms with van der Waals surface area (Å²) in [5, 5.41) is 3.19. The summed E-state index contributed by atoms with van der Waals surface area (Å²) in [6.45, 7) is 4.27. The summed E-state index contributed by atoms with van der Waals surface area (Å²) >= 11 is 0. The van der Waals surface area contributed by atoms with Gasteiger partial charge in [0.05, 0.1) is 6.04 Å². The lowest BCUT2D eigenvalue weighted by atomic mass is 9.70. The molecule has 2 unspecified atom stereocenters. The molecule has 1 amide bonds. The highest BCUT2D eigenvalue weighted by Gasteiger charge is 2.47. The van der Waals surface area contributed by atoms with Crippen LogP contribution in [0, 0.1) is 6.92 Å². The van der Waals surface area contributed by atoms with Crippen LogP contribution >= 0.6 is 0 Å². The van der Waals surface area contributed by atoms with Crippen molar-refractivity contribution in [3.8, 4) is 0 Å². The Hall–Kier alpha value is -2.09. The molecule has 2 nitrogen and oxygen atoms in total. The molecule has 1 heterocycles. The van der Waals surface area contributed by atoms with E-state index in [1.54, 1.807) is 0 Å². The molecule has 0 spiro atoms. The largest absolute Gasteiger partial charge is 0.348 e. The van der Waals surface area contributed by atoms with E-state index in [2.05, 4.69) is 55.6 Å². The van der Waals surface area contributed by atoms with Crippen LogP contribution in [-0.2, 0) is 10.2 Å². The molecule has 1 aliphatic heterocycles. The molecular weight excluding hydrogens is 258 g/mol. The number of hydrogen-bond donors (Lipinski definition) is 1. The van der Waals surface area contributed by atoms with Crippen molar-refractivity contribution in [2.75, 3.05) is 0 Å². The topological polar surface area (TPSA) is 29.1 Å². The molecule has 3 rings (SSSR count). The Morgan fingerprint density at radius 2 is 1.76 bits per heavy atom. The molecule has 0 aromatic heterocycles. The highest BCUT2D eigenvalue weighted by molar-refractivity contribution is 5.82. The number of carbonyl (C=O) groups is 1. The van der Waals surface area contributed by atoms with E-state index in [0.29, 0.717) is 6.42 Å². The van der Waals surface area contributed by atoms with E-state index in [0.717, 1.165) is 6.42 Å². The van der Waals surface area contributed by atoms with Crippen LogP contribution in [0.4, 0.5) is 0 Å². The maximum atomic E-state index is 12.1. The number of rotatable bonds is 3. The molecule has 0 radical (unpaired) electrons. The fourth-order valence-electron chi connectivity index (χ4n) is 3.47. The van der Waals surface area contributed by atoms with Crippen molar-refractivity contribution >= 4 is 5.91 Å². The van der Waals surface area contributed by atoms with Crippen LogP contribution in [0.2, 0.25) is 0 Å². The van der Waals surface area contributed by atoms with Crippen molar-refractivity contribution in [1.82, 2.24) is 5.32 Å². The first-order valence-corrected chi connectivity index (χ1v) is 7.57. The Balaban J connectivity index is 2.09. The summed E-state index contributed by atoms with van der Waals surface area (Å²) in [7, 11) is 0. The third-order valence-corrected chi connectivity index (χ3v) is 4.72. The zero-order chi connectivity index (χ0) is 14.9. The second-order valence-electron chi connectivity index (χ2n) is 5.96. The SMILES string of the molecule is CCC1(c2ccc(C)cc2)CC(=O)NC1c1ccccc1. The van der Waals surface area contributed by atoms with Gasteiger partial charge in [0.15, 0.2) is 0 Å². The van der Waals surface area contributed by atoms with Gasteiger partial charge in [-0.1, -0.05) is 67.1 Å². The lowest BCUT2D eigenvalue weighted by Crippen LogP contribution is -2.32. The minimum atomic E-state index is -0.147. The monoisotopic (exact) mass is 279 g/mol. The summed E-state index contributed by atoms with van der Waals surface area (Å²) < 4.78 is 0. The Morgan fingerprint density at radius 3 is 2.38 bits per heavy atom. The van der Waals surface area contributed by atoms with Gasteiger partial charge in [0.25, 0.3) is 0 Å². The van der Waals surface area contributed by atoms with Gasteiger partial charge in [-0.15, -0.1) is 0 Å². The molecule has 108 valence electrons. The molecule has 0 saturated carbocycles. The average Bonchev–Trinajstić information content (AvgIpc) is 2.87. The molecule has 1 fully saturated rings. The van der Waals surface area contributed by atoms with Crippen LogP contribution in [-0.4, -0.2) is 5.91 Å². The van der Waals surface area contributed by atoms with Gasteiger partial charge < -0.3 is 5.32 Å². The van der Waals surface area contributed by atoms with Gasteiger partial charge >= 0.3 is 0 Å². The van der Waals surface area contributed by atoms with E-state index in [-0.39, 0.29) is 17.4 Å². The number of hydrogen-bond acceptors (Lipinski definition) is 1. The summed E-state index contributed by atoms with van der Waals surface area (Å²) in [5.41, 5.74) is 3.54. The van der Waals surface area contributed by atoms with Gasteiger partial charge in [0, 0.05) is 11.8 Å². The van der Waals surface area contributed by atoms with E-state index in [1.807, 2.05) is 18.2 Å². The number of benzene rings is 2. The molecule has 0 aliphatic carbocycles. The molecule has 0 bridgehead atoms. The second-order valence-corrected chi connectivity index (χ2v) is 5.96. The van der Waals surface area contributed by atoms with E-state index in [9.17, 15) is 4.79 Å². The van der Waals surface area contributed by atoms with Crippen LogP contribution in [0.15, 0.2) is 54.6 Å². The van der Waals surface area contributed by atoms with Crippen molar-refractivity contribution in [2.24, 2.45) is 0 Å². The fraction of sp³-hybridized carbons (Fsp3) is 0.316. The minimum absolute atomic E-state index is 0.0545. The van der Waals surface area contributed by atoms with Gasteiger partial charge in [0.1, 0.15) is 0 Å². The van der Waals surface area contributed by atoms with E-state index in [1.165, 1.54) is 16.7 Å². The minimum Gasteiger partial charge on any atom is -0.348 e. The first-order chi connectivity index (χ1) is 10.2. The summed E-state index contributed by atoms with van der Waals surface area (Å²) in [4.78, 5) is 12.1. The third kappa shape index (κ3) is 2.35. The number of aryl methyl sites for hydroxylation is 1. The van der Waals surface area contributed by atoms with Gasteiger partial charge in [-0.25, -0.2) is 0 Å². The Labute approximate surface area is 126 Å². The average molecular weight is 279 g/mol. The quantitative estimate of drug-likeness (QED) is 0.907. The molecular formula is C19H21NO. The van der Waals surface area contributed by atoms with Crippen LogP contribution in [0.3, 0.4) is 0 Å². The molecule has 1 N–H and O–H groups in total. The molecule has 2 aromatic rings. The van der Waals surface area contributed by atoms with E-state index < -0.39 is 0 Å². The van der Waals surface area contributed by atoms with Crippen molar-refractivity contribution in [3.05, 3.63) is 71.3 Å². The van der Waals surface area contributed by atoms with Crippen molar-refractivity contribution < 1.29 is 4.79 Å². The summed E-state index contributed by atoms with van der Waals surface area (Å²) in [6, 6.07) is 19.0. The summed E-state index contributed by atoms with van der Waals surface area (Å²) in [6.07, 6.45) is 1.50. The first kappa shape index (κ1) is 13.9. The number of carbonyl (C=O) groups excluding carboxylic acids is 1. The van der Waals surface area contributed by atoms with Crippen LogP contribution in [0.1, 0.15) is 42.5 Å². The number of nitrogens with one attached hydrogen (secondary N) is 1. The highest BCUT2D eigenvalue weighted by atomic mass is 16.2. The van der Waals surface area contributed by atoms with Gasteiger partial charge in [-0.2, -0.15) is 0 Å². The molecule has 21 heavy (non-hydrogen) atoms. The zero-order valence-corrected chi connectivity index (χ0v) is 12.6. The third-order valence-electron chi connectivity index (χ3n) is 4.72. The Bertz CT molecular complexity index is 632. The first-order valence-electron chi connectivity index (χ1n) is 7.57. The molecule has 2 aromatic carbocycles. The summed E-state index contributed by atoms with van der Waals surface area (Å²) in [5.74, 6) is 0.145. The van der Waals surface area contributed by atoms with Crippen LogP contribution in [0.25, 0.3) is 0 Å². The predicted octanol–water partition coefficient (Wildman–Crippen LogP) is 3.90. The Kier molecular flexibility index (Phi) is 3.54. The molecule has 1 aliphatic rings. The molecule has 2 atom stereocenters. The Morgan fingerprint density at radius 1 is 1.10 bits per heavy atom. The molecule has 2 heteroatoms. The highest BCUT2D eigenvalue weighted by Crippen LogP contribution is 2.46. The van der Waals surface area contributed by atoms with Gasteiger partial charge in [-0.3, -0.25) is 4.79 Å². The smallest absolute Gasteiger partial charge is 0.221 e. The van der Waals surface area contributed by atoms with Crippen LogP contribution < -0.4 is 5.32 Å². The number of amides is 1. The normalized spacial score (nSPS) is 24.9. The van der Waals surface area contributed by atoms with Crippen molar-refractivity contribution in [3.63, 3.8) is 0 Å². The standard InChI is InChI=1S/C19H21NO/c1-3-19(16-11-9-14(2)10-12-16)13-17(21)20-18(19)15-7-5-4-6-8-15/h4-12,18H,3,13H2,1-2H3,(H,20,21). The predicted molar refractivity (Wildman–Crippen MR) is 85.1 cm³/mol. The van der Waals surface area contributed by atoms with Crippen molar-refractivity contribution in [1.29, 1.82) is 0 Å². The van der Waals surface area contributed by atoms with Crippen molar-refractivity contribution in [2.45, 2.75) is 38.1 Å². The maximum absolute atomic E-state index is 12.1. The lowest BCUT2D eigenvalue weighted by molar-refractivity contribution is -0.119.